The van der Waals surface area contributed by atoms with E-state index in [9.17, 15) is 13.2 Å². The van der Waals surface area contributed by atoms with Crippen LogP contribution in [0.4, 0.5) is 0 Å². The summed E-state index contributed by atoms with van der Waals surface area (Å²) in [5.74, 6) is 0.351. The molecule has 1 N–H and O–H groups in total. The van der Waals surface area contributed by atoms with E-state index < -0.39 is 16.0 Å². The fraction of sp³-hybridized carbons (Fsp3) is 0.161. The summed E-state index contributed by atoms with van der Waals surface area (Å²) in [7, 11) is -2.68. The Bertz CT molecular complexity index is 1680. The third-order valence-corrected chi connectivity index (χ3v) is 7.39. The van der Waals surface area contributed by atoms with Gasteiger partial charge in [-0.05, 0) is 67.4 Å². The van der Waals surface area contributed by atoms with E-state index in [-0.39, 0.29) is 28.0 Å². The molecule has 42 heavy (non-hydrogen) atoms. The molecule has 1 amide bonds. The van der Waals surface area contributed by atoms with Crippen LogP contribution >= 0.6 is 11.6 Å². The third kappa shape index (κ3) is 7.80. The predicted octanol–water partition coefficient (Wildman–Crippen LogP) is 6.17. The summed E-state index contributed by atoms with van der Waals surface area (Å²) in [6.45, 7) is 4.15. The topological polar surface area (TPSA) is 113 Å². The Morgan fingerprint density at radius 2 is 1.67 bits per heavy atom. The van der Waals surface area contributed by atoms with Crippen LogP contribution < -0.4 is 23.8 Å². The molecule has 9 nitrogen and oxygen atoms in total. The Labute approximate surface area is 249 Å². The molecule has 4 rings (SSSR count). The maximum absolute atomic E-state index is 12.8. The molecular formula is C31H29ClN2O7S. The lowest BCUT2D eigenvalue weighted by atomic mass is 10.2. The molecule has 11 heteroatoms. The van der Waals surface area contributed by atoms with Crippen molar-refractivity contribution in [1.29, 1.82) is 0 Å². The normalized spacial score (nSPS) is 11.2. The van der Waals surface area contributed by atoms with Crippen molar-refractivity contribution < 1.29 is 31.6 Å². The van der Waals surface area contributed by atoms with E-state index in [4.69, 9.17) is 30.0 Å². The first-order valence-corrected chi connectivity index (χ1v) is 14.6. The lowest BCUT2D eigenvalue weighted by Gasteiger charge is -2.14. The first kappa shape index (κ1) is 30.4. The van der Waals surface area contributed by atoms with Crippen molar-refractivity contribution in [3.63, 3.8) is 0 Å². The van der Waals surface area contributed by atoms with Crippen molar-refractivity contribution in [3.05, 3.63) is 112 Å². The number of halogens is 1. The van der Waals surface area contributed by atoms with Crippen molar-refractivity contribution in [2.24, 2.45) is 5.10 Å². The molecule has 0 fully saturated rings. The molecule has 0 saturated carbocycles. The number of benzene rings is 4. The van der Waals surface area contributed by atoms with Crippen molar-refractivity contribution in [2.75, 3.05) is 13.7 Å². The molecule has 0 aliphatic carbocycles. The van der Waals surface area contributed by atoms with Gasteiger partial charge in [-0.1, -0.05) is 59.6 Å². The Morgan fingerprint density at radius 3 is 2.36 bits per heavy atom. The Hall–Kier alpha value is -4.54. The lowest BCUT2D eigenvalue weighted by Crippen LogP contribution is -2.17. The average molecular weight is 609 g/mol. The molecule has 4 aromatic rings. The summed E-state index contributed by atoms with van der Waals surface area (Å²) in [6.07, 6.45) is 1.35. The number of hydrogen-bond acceptors (Lipinski definition) is 8. The predicted molar refractivity (Wildman–Crippen MR) is 160 cm³/mol. The van der Waals surface area contributed by atoms with Crippen LogP contribution in [0.2, 0.25) is 5.02 Å². The van der Waals surface area contributed by atoms with Crippen molar-refractivity contribution in [3.8, 4) is 23.0 Å². The molecule has 4 aromatic carbocycles. The average Bonchev–Trinajstić information content (AvgIpc) is 2.98. The first-order valence-electron chi connectivity index (χ1n) is 12.9. The lowest BCUT2D eigenvalue weighted by molar-refractivity contribution is 0.0954. The van der Waals surface area contributed by atoms with Gasteiger partial charge in [0.15, 0.2) is 17.2 Å². The number of methoxy groups -OCH3 is 1. The maximum Gasteiger partial charge on any atom is 0.339 e. The number of rotatable bonds is 12. The number of carbonyl (C=O) groups is 1. The van der Waals surface area contributed by atoms with Gasteiger partial charge in [0.2, 0.25) is 5.75 Å². The molecule has 0 saturated heterocycles. The molecule has 0 aromatic heterocycles. The van der Waals surface area contributed by atoms with E-state index in [1.807, 2.05) is 37.3 Å². The highest BCUT2D eigenvalue weighted by Gasteiger charge is 2.22. The van der Waals surface area contributed by atoms with Crippen LogP contribution in [0.1, 0.15) is 34.0 Å². The van der Waals surface area contributed by atoms with Gasteiger partial charge in [-0.25, -0.2) is 5.43 Å². The maximum atomic E-state index is 12.8. The van der Waals surface area contributed by atoms with Crippen LogP contribution in [0, 0.1) is 6.92 Å². The van der Waals surface area contributed by atoms with Crippen LogP contribution in [-0.4, -0.2) is 34.3 Å². The van der Waals surface area contributed by atoms with Gasteiger partial charge >= 0.3 is 10.1 Å². The van der Waals surface area contributed by atoms with Crippen LogP contribution in [0.25, 0.3) is 0 Å². The minimum atomic E-state index is -4.17. The number of nitrogens with zero attached hydrogens (tertiary/aromatic N) is 1. The van der Waals surface area contributed by atoms with Gasteiger partial charge in [-0.3, -0.25) is 4.79 Å². The van der Waals surface area contributed by atoms with Crippen molar-refractivity contribution in [2.45, 2.75) is 25.3 Å². The fourth-order valence-electron chi connectivity index (χ4n) is 3.76. The smallest absolute Gasteiger partial charge is 0.339 e. The van der Waals surface area contributed by atoms with E-state index in [0.717, 1.165) is 11.1 Å². The SMILES string of the molecule is CCOc1cc(/C=N/NC(=O)c2ccc(OCc3ccccc3)c(OC)c2)cc(Cl)c1OS(=O)(=O)c1ccc(C)cc1. The number of aryl methyl sites for hydroxylation is 1. The number of hydrogen-bond donors (Lipinski definition) is 1. The number of amides is 1. The largest absolute Gasteiger partial charge is 0.493 e. The third-order valence-electron chi connectivity index (χ3n) is 5.88. The number of carbonyl (C=O) groups excluding carboxylic acids is 1. The Kier molecular flexibility index (Phi) is 10.1. The number of ether oxygens (including phenoxy) is 3. The second kappa shape index (κ2) is 13.9. The highest BCUT2D eigenvalue weighted by Crippen LogP contribution is 2.38. The van der Waals surface area contributed by atoms with Gasteiger partial charge in [-0.15, -0.1) is 0 Å². The zero-order valence-corrected chi connectivity index (χ0v) is 24.7. The van der Waals surface area contributed by atoms with Gasteiger partial charge in [-0.2, -0.15) is 13.5 Å². The Morgan fingerprint density at radius 1 is 0.929 bits per heavy atom. The highest BCUT2D eigenvalue weighted by molar-refractivity contribution is 7.87. The zero-order chi connectivity index (χ0) is 30.1. The molecular weight excluding hydrogens is 580 g/mol. The van der Waals surface area contributed by atoms with Crippen LogP contribution in [0.3, 0.4) is 0 Å². The minimum absolute atomic E-state index is 0.0137. The van der Waals surface area contributed by atoms with Gasteiger partial charge < -0.3 is 18.4 Å². The monoisotopic (exact) mass is 608 g/mol. The molecule has 0 aliphatic heterocycles. The van der Waals surface area contributed by atoms with Crippen LogP contribution in [-0.2, 0) is 16.7 Å². The van der Waals surface area contributed by atoms with Gasteiger partial charge in [0.1, 0.15) is 11.5 Å². The second-order valence-electron chi connectivity index (χ2n) is 8.95. The molecule has 218 valence electrons. The second-order valence-corrected chi connectivity index (χ2v) is 10.9. The number of hydrazone groups is 1. The molecule has 0 atom stereocenters. The van der Waals surface area contributed by atoms with Gasteiger partial charge in [0, 0.05) is 5.56 Å². The quantitative estimate of drug-likeness (QED) is 0.116. The first-order chi connectivity index (χ1) is 20.2. The van der Waals surface area contributed by atoms with Crippen LogP contribution in [0.5, 0.6) is 23.0 Å². The number of nitrogens with one attached hydrogen (secondary N) is 1. The summed E-state index contributed by atoms with van der Waals surface area (Å²) in [6, 6.07) is 23.7. The summed E-state index contributed by atoms with van der Waals surface area (Å²) >= 11 is 6.40. The highest BCUT2D eigenvalue weighted by atomic mass is 35.5. The van der Waals surface area contributed by atoms with Crippen molar-refractivity contribution in [1.82, 2.24) is 5.43 Å². The van der Waals surface area contributed by atoms with E-state index in [1.54, 1.807) is 37.3 Å². The molecule has 0 radical (unpaired) electrons. The standard InChI is InChI=1S/C31H29ClN2O7S/c1-4-39-29-17-23(16-26(32)30(29)41-42(36,37)25-13-10-21(2)11-14-25)19-33-34-31(35)24-12-15-27(28(18-24)38-3)40-20-22-8-6-5-7-9-22/h5-19H,4,20H2,1-3H3,(H,34,35)/b33-19+. The Balaban J connectivity index is 1.46. The molecule has 0 unspecified atom stereocenters. The fourth-order valence-corrected chi connectivity index (χ4v) is 5.02. The summed E-state index contributed by atoms with van der Waals surface area (Å²) < 4.78 is 47.8. The van der Waals surface area contributed by atoms with Gasteiger partial charge in [0.25, 0.3) is 5.91 Å². The summed E-state index contributed by atoms with van der Waals surface area (Å²) in [5, 5.41) is 3.99. The van der Waals surface area contributed by atoms with Crippen LogP contribution in [0.15, 0.2) is 94.9 Å². The van der Waals surface area contributed by atoms with E-state index in [0.29, 0.717) is 29.2 Å². The molecule has 0 spiro atoms. The van der Waals surface area contributed by atoms with E-state index in [1.165, 1.54) is 37.6 Å². The molecule has 0 heterocycles. The minimum Gasteiger partial charge on any atom is -0.493 e. The van der Waals surface area contributed by atoms with Crippen molar-refractivity contribution >= 4 is 33.8 Å². The van der Waals surface area contributed by atoms with Gasteiger partial charge in [0.05, 0.1) is 25.0 Å². The summed E-state index contributed by atoms with van der Waals surface area (Å²) in [5.41, 5.74) is 5.09. The summed E-state index contributed by atoms with van der Waals surface area (Å²) in [4.78, 5) is 12.7. The molecule has 0 bridgehead atoms. The van der Waals surface area contributed by atoms with E-state index >= 15 is 0 Å². The zero-order valence-electron chi connectivity index (χ0n) is 23.2. The molecule has 0 aliphatic rings. The van der Waals surface area contributed by atoms with E-state index in [2.05, 4.69) is 10.5 Å².